The number of benzene rings is 1. The van der Waals surface area contributed by atoms with Crippen LogP contribution in [0.15, 0.2) is 12.1 Å². The smallest absolute Gasteiger partial charge is 0.189 e. The highest BCUT2D eigenvalue weighted by molar-refractivity contribution is 14.1. The van der Waals surface area contributed by atoms with E-state index in [0.29, 0.717) is 13.2 Å². The van der Waals surface area contributed by atoms with Crippen molar-refractivity contribution in [2.75, 3.05) is 26.8 Å². The van der Waals surface area contributed by atoms with Crippen molar-refractivity contribution < 1.29 is 18.9 Å². The van der Waals surface area contributed by atoms with Crippen LogP contribution in [0.2, 0.25) is 0 Å². The van der Waals surface area contributed by atoms with E-state index < -0.39 is 0 Å². The van der Waals surface area contributed by atoms with Gasteiger partial charge in [-0.25, -0.2) is 0 Å². The molecule has 0 fully saturated rings. The molecule has 0 N–H and O–H groups in total. The van der Waals surface area contributed by atoms with Gasteiger partial charge in [0.05, 0.1) is 3.57 Å². The van der Waals surface area contributed by atoms with Gasteiger partial charge in [0.15, 0.2) is 13.6 Å². The largest absolute Gasteiger partial charge is 0.467 e. The highest BCUT2D eigenvalue weighted by atomic mass is 127. The Kier molecular flexibility index (Phi) is 7.38. The van der Waals surface area contributed by atoms with Crippen molar-refractivity contribution in [3.8, 4) is 11.5 Å². The van der Waals surface area contributed by atoms with Crippen LogP contribution in [0.1, 0.15) is 19.4 Å². The third-order valence-electron chi connectivity index (χ3n) is 2.23. The van der Waals surface area contributed by atoms with Crippen molar-refractivity contribution in [3.05, 3.63) is 21.3 Å². The molecule has 0 radical (unpaired) electrons. The van der Waals surface area contributed by atoms with E-state index in [1.54, 1.807) is 0 Å². The van der Waals surface area contributed by atoms with E-state index >= 15 is 0 Å². The standard InChI is InChI=1S/C13H19IO4/c1-4-15-8-17-12-7-11(14)13(6-10(12)3)18-9-16-5-2/h6-7H,4-5,8-9H2,1-3H3. The van der Waals surface area contributed by atoms with Crippen molar-refractivity contribution in [2.45, 2.75) is 20.8 Å². The van der Waals surface area contributed by atoms with E-state index in [1.165, 1.54) is 0 Å². The number of ether oxygens (including phenoxy) is 4. The molecule has 0 unspecified atom stereocenters. The molecule has 102 valence electrons. The first-order valence-corrected chi connectivity index (χ1v) is 6.98. The third-order valence-corrected chi connectivity index (χ3v) is 3.08. The van der Waals surface area contributed by atoms with E-state index in [0.717, 1.165) is 20.6 Å². The van der Waals surface area contributed by atoms with Gasteiger partial charge in [-0.05, 0) is 61.1 Å². The van der Waals surface area contributed by atoms with E-state index in [1.807, 2.05) is 32.9 Å². The lowest BCUT2D eigenvalue weighted by Gasteiger charge is -2.13. The van der Waals surface area contributed by atoms with Crippen molar-refractivity contribution in [3.63, 3.8) is 0 Å². The molecule has 18 heavy (non-hydrogen) atoms. The topological polar surface area (TPSA) is 36.9 Å². The molecular formula is C13H19IO4. The van der Waals surface area contributed by atoms with Gasteiger partial charge in [-0.2, -0.15) is 0 Å². The van der Waals surface area contributed by atoms with Crippen molar-refractivity contribution in [2.24, 2.45) is 0 Å². The van der Waals surface area contributed by atoms with E-state index in [-0.39, 0.29) is 13.6 Å². The maximum absolute atomic E-state index is 5.52. The second-order valence-electron chi connectivity index (χ2n) is 3.56. The zero-order valence-corrected chi connectivity index (χ0v) is 13.2. The van der Waals surface area contributed by atoms with Gasteiger partial charge in [-0.1, -0.05) is 0 Å². The Morgan fingerprint density at radius 2 is 1.50 bits per heavy atom. The summed E-state index contributed by atoms with van der Waals surface area (Å²) in [4.78, 5) is 0. The van der Waals surface area contributed by atoms with Gasteiger partial charge >= 0.3 is 0 Å². The van der Waals surface area contributed by atoms with Gasteiger partial charge in [0, 0.05) is 13.2 Å². The number of hydrogen-bond donors (Lipinski definition) is 0. The molecule has 0 amide bonds. The summed E-state index contributed by atoms with van der Waals surface area (Å²) in [6.07, 6.45) is 0. The lowest BCUT2D eigenvalue weighted by molar-refractivity contribution is 0.0192. The molecule has 4 nitrogen and oxygen atoms in total. The van der Waals surface area contributed by atoms with Crippen molar-refractivity contribution in [1.82, 2.24) is 0 Å². The molecular weight excluding hydrogens is 347 g/mol. The Bertz CT molecular complexity index is 333. The average Bonchev–Trinajstić information content (AvgIpc) is 2.35. The number of rotatable bonds is 8. The van der Waals surface area contributed by atoms with Gasteiger partial charge < -0.3 is 18.9 Å². The molecule has 0 bridgehead atoms. The number of aryl methyl sites for hydroxylation is 1. The minimum absolute atomic E-state index is 0.269. The van der Waals surface area contributed by atoms with Crippen molar-refractivity contribution >= 4 is 22.6 Å². The molecule has 1 aromatic carbocycles. The fourth-order valence-electron chi connectivity index (χ4n) is 1.28. The Balaban J connectivity index is 2.64. The van der Waals surface area contributed by atoms with Gasteiger partial charge in [0.2, 0.25) is 0 Å². The lowest BCUT2D eigenvalue weighted by atomic mass is 10.2. The summed E-state index contributed by atoms with van der Waals surface area (Å²) in [5.74, 6) is 1.63. The molecule has 5 heteroatoms. The zero-order chi connectivity index (χ0) is 13.4. The first-order chi connectivity index (χ1) is 8.69. The van der Waals surface area contributed by atoms with Crippen LogP contribution in [0.25, 0.3) is 0 Å². The molecule has 1 aromatic rings. The molecule has 0 aliphatic heterocycles. The minimum atomic E-state index is 0.269. The summed E-state index contributed by atoms with van der Waals surface area (Å²) < 4.78 is 22.4. The van der Waals surface area contributed by atoms with E-state index in [4.69, 9.17) is 18.9 Å². The van der Waals surface area contributed by atoms with Gasteiger partial charge in [-0.3, -0.25) is 0 Å². The molecule has 0 aliphatic carbocycles. The van der Waals surface area contributed by atoms with Gasteiger partial charge in [0.25, 0.3) is 0 Å². The van der Waals surface area contributed by atoms with Crippen molar-refractivity contribution in [1.29, 1.82) is 0 Å². The second kappa shape index (κ2) is 8.55. The fourth-order valence-corrected chi connectivity index (χ4v) is 1.87. The average molecular weight is 366 g/mol. The van der Waals surface area contributed by atoms with Crippen LogP contribution in [0.3, 0.4) is 0 Å². The van der Waals surface area contributed by atoms with Crippen LogP contribution >= 0.6 is 22.6 Å². The summed E-state index contributed by atoms with van der Waals surface area (Å²) >= 11 is 2.21. The molecule has 0 spiro atoms. The third kappa shape index (κ3) is 4.99. The van der Waals surface area contributed by atoms with Gasteiger partial charge in [-0.15, -0.1) is 0 Å². The maximum atomic E-state index is 5.52. The quantitative estimate of drug-likeness (QED) is 0.402. The predicted octanol–water partition coefficient (Wildman–Crippen LogP) is 3.35. The van der Waals surface area contributed by atoms with Gasteiger partial charge in [0.1, 0.15) is 11.5 Å². The molecule has 0 heterocycles. The summed E-state index contributed by atoms with van der Waals surface area (Å²) in [6, 6.07) is 3.89. The Morgan fingerprint density at radius 1 is 0.944 bits per heavy atom. The summed E-state index contributed by atoms with van der Waals surface area (Å²) in [7, 11) is 0. The van der Waals surface area contributed by atoms with E-state index in [2.05, 4.69) is 22.6 Å². The summed E-state index contributed by atoms with van der Waals surface area (Å²) in [5.41, 5.74) is 1.02. The first kappa shape index (κ1) is 15.5. The maximum Gasteiger partial charge on any atom is 0.189 e. The highest BCUT2D eigenvalue weighted by Crippen LogP contribution is 2.29. The Morgan fingerprint density at radius 3 is 2.06 bits per heavy atom. The highest BCUT2D eigenvalue weighted by Gasteiger charge is 2.07. The summed E-state index contributed by atoms with van der Waals surface area (Å²) in [5, 5.41) is 0. The Labute approximate surface area is 122 Å². The lowest BCUT2D eigenvalue weighted by Crippen LogP contribution is -2.06. The molecule has 0 aromatic heterocycles. The fraction of sp³-hybridized carbons (Fsp3) is 0.538. The molecule has 0 saturated heterocycles. The Hall–Kier alpha value is -0.530. The van der Waals surface area contributed by atoms with Crippen LogP contribution in [0, 0.1) is 10.5 Å². The molecule has 0 aliphatic rings. The molecule has 0 atom stereocenters. The zero-order valence-electron chi connectivity index (χ0n) is 11.0. The van der Waals surface area contributed by atoms with E-state index in [9.17, 15) is 0 Å². The van der Waals surface area contributed by atoms with Crippen LogP contribution in [0.4, 0.5) is 0 Å². The number of halogens is 1. The summed E-state index contributed by atoms with van der Waals surface area (Å²) in [6.45, 7) is 7.67. The molecule has 0 saturated carbocycles. The normalized spacial score (nSPS) is 10.4. The molecule has 1 rings (SSSR count). The first-order valence-electron chi connectivity index (χ1n) is 5.90. The van der Waals surface area contributed by atoms with Crippen LogP contribution in [-0.4, -0.2) is 26.8 Å². The monoisotopic (exact) mass is 366 g/mol. The van der Waals surface area contributed by atoms with Crippen LogP contribution < -0.4 is 9.47 Å². The van der Waals surface area contributed by atoms with Crippen LogP contribution in [-0.2, 0) is 9.47 Å². The van der Waals surface area contributed by atoms with Crippen LogP contribution in [0.5, 0.6) is 11.5 Å². The second-order valence-corrected chi connectivity index (χ2v) is 4.72. The predicted molar refractivity (Wildman–Crippen MR) is 78.1 cm³/mol. The SMILES string of the molecule is CCOCOc1cc(I)c(OCOCC)cc1C. The number of hydrogen-bond acceptors (Lipinski definition) is 4. The minimum Gasteiger partial charge on any atom is -0.467 e.